The van der Waals surface area contributed by atoms with Gasteiger partial charge in [0.2, 0.25) is 10.0 Å². The number of nitrogens with one attached hydrogen (secondary N) is 2. The Morgan fingerprint density at radius 1 is 1.38 bits per heavy atom. The fourth-order valence-corrected chi connectivity index (χ4v) is 3.59. The molecule has 0 bridgehead atoms. The highest BCUT2D eigenvalue weighted by molar-refractivity contribution is 7.88. The zero-order valence-corrected chi connectivity index (χ0v) is 13.8. The van der Waals surface area contributed by atoms with Crippen molar-refractivity contribution in [3.05, 3.63) is 27.9 Å². The second-order valence-corrected chi connectivity index (χ2v) is 7.96. The van der Waals surface area contributed by atoms with E-state index in [2.05, 4.69) is 15.0 Å². The third-order valence-corrected chi connectivity index (χ3v) is 4.96. The van der Waals surface area contributed by atoms with Crippen molar-refractivity contribution in [2.24, 2.45) is 0 Å². The van der Waals surface area contributed by atoms with Gasteiger partial charge in [-0.3, -0.25) is 4.79 Å². The smallest absolute Gasteiger partial charge is 0.263 e. The van der Waals surface area contributed by atoms with Gasteiger partial charge in [0.05, 0.1) is 12.5 Å². The molecule has 9 heteroatoms. The third-order valence-electron chi connectivity index (χ3n) is 2.50. The average Bonchev–Trinajstić information content (AvgIpc) is 3.07. The van der Waals surface area contributed by atoms with Gasteiger partial charge in [-0.25, -0.2) is 18.1 Å². The molecule has 114 valence electrons. The van der Waals surface area contributed by atoms with Crippen LogP contribution in [-0.2, 0) is 10.0 Å². The van der Waals surface area contributed by atoms with Crippen LogP contribution in [0.15, 0.2) is 23.0 Å². The van der Waals surface area contributed by atoms with Gasteiger partial charge >= 0.3 is 0 Å². The van der Waals surface area contributed by atoms with Crippen molar-refractivity contribution in [2.45, 2.75) is 6.42 Å². The Hall–Kier alpha value is -1.29. The Balaban J connectivity index is 1.79. The van der Waals surface area contributed by atoms with Crippen molar-refractivity contribution in [3.63, 3.8) is 0 Å². The first kappa shape index (κ1) is 16.1. The Bertz CT molecular complexity index is 692. The Labute approximate surface area is 131 Å². The highest BCUT2D eigenvalue weighted by Gasteiger charge is 2.11. The summed E-state index contributed by atoms with van der Waals surface area (Å²) in [5.41, 5.74) is 1.02. The van der Waals surface area contributed by atoms with Crippen molar-refractivity contribution >= 4 is 38.6 Å². The number of hydrogen-bond donors (Lipinski definition) is 2. The van der Waals surface area contributed by atoms with E-state index < -0.39 is 10.0 Å². The maximum absolute atomic E-state index is 11.9. The molecule has 1 amide bonds. The fraction of sp³-hybridized carbons (Fsp3) is 0.333. The number of carbonyl (C=O) groups excluding carboxylic acids is 1. The predicted molar refractivity (Wildman–Crippen MR) is 85.2 cm³/mol. The average molecular weight is 345 g/mol. The van der Waals surface area contributed by atoms with E-state index in [9.17, 15) is 13.2 Å². The number of rotatable bonds is 7. The van der Waals surface area contributed by atoms with Gasteiger partial charge in [0.25, 0.3) is 5.91 Å². The molecule has 0 aliphatic carbocycles. The summed E-state index contributed by atoms with van der Waals surface area (Å²) in [7, 11) is -3.17. The van der Waals surface area contributed by atoms with E-state index in [1.165, 1.54) is 11.3 Å². The SMILES string of the molecule is CS(=O)(=O)NCCCNC(=O)c1cnc(-c2ccsc2)s1. The lowest BCUT2D eigenvalue weighted by Crippen LogP contribution is -2.29. The summed E-state index contributed by atoms with van der Waals surface area (Å²) >= 11 is 2.92. The molecule has 0 aromatic carbocycles. The van der Waals surface area contributed by atoms with Gasteiger partial charge in [-0.15, -0.1) is 11.3 Å². The van der Waals surface area contributed by atoms with E-state index in [1.54, 1.807) is 17.5 Å². The normalized spacial score (nSPS) is 11.5. The maximum Gasteiger partial charge on any atom is 0.263 e. The minimum absolute atomic E-state index is 0.187. The zero-order valence-electron chi connectivity index (χ0n) is 11.3. The minimum atomic E-state index is -3.17. The molecule has 0 saturated carbocycles. The van der Waals surface area contributed by atoms with E-state index in [-0.39, 0.29) is 5.91 Å². The summed E-state index contributed by atoms with van der Waals surface area (Å²) in [5.74, 6) is -0.187. The van der Waals surface area contributed by atoms with E-state index in [0.717, 1.165) is 16.8 Å². The minimum Gasteiger partial charge on any atom is -0.351 e. The van der Waals surface area contributed by atoms with Crippen molar-refractivity contribution < 1.29 is 13.2 Å². The first-order valence-corrected chi connectivity index (χ1v) is 9.82. The monoisotopic (exact) mass is 345 g/mol. The molecule has 2 aromatic heterocycles. The standard InChI is InChI=1S/C12H15N3O3S3/c1-21(17,18)15-5-2-4-13-11(16)10-7-14-12(20-10)9-3-6-19-8-9/h3,6-8,15H,2,4-5H2,1H3,(H,13,16). The molecule has 0 fully saturated rings. The molecule has 2 heterocycles. The quantitative estimate of drug-likeness (QED) is 0.745. The molecule has 0 radical (unpaired) electrons. The molecule has 2 rings (SSSR count). The van der Waals surface area contributed by atoms with Crippen LogP contribution in [0.4, 0.5) is 0 Å². The zero-order chi connectivity index (χ0) is 15.3. The van der Waals surface area contributed by atoms with E-state index >= 15 is 0 Å². The lowest BCUT2D eigenvalue weighted by atomic mass is 10.4. The van der Waals surface area contributed by atoms with Gasteiger partial charge in [0.1, 0.15) is 9.88 Å². The largest absolute Gasteiger partial charge is 0.351 e. The van der Waals surface area contributed by atoms with E-state index in [1.807, 2.05) is 16.8 Å². The second kappa shape index (κ2) is 7.12. The highest BCUT2D eigenvalue weighted by atomic mass is 32.2. The maximum atomic E-state index is 11.9. The van der Waals surface area contributed by atoms with E-state index in [0.29, 0.717) is 24.4 Å². The van der Waals surface area contributed by atoms with Crippen molar-refractivity contribution in [3.8, 4) is 10.6 Å². The van der Waals surface area contributed by atoms with Crippen LogP contribution in [0.25, 0.3) is 10.6 Å². The first-order chi connectivity index (χ1) is 9.96. The van der Waals surface area contributed by atoms with Crippen LogP contribution in [-0.4, -0.2) is 38.7 Å². The number of carbonyl (C=O) groups is 1. The number of amides is 1. The molecule has 0 spiro atoms. The topological polar surface area (TPSA) is 88.2 Å². The number of sulfonamides is 1. The molecule has 0 aliphatic rings. The number of hydrogen-bond acceptors (Lipinski definition) is 6. The van der Waals surface area contributed by atoms with Crippen LogP contribution in [0.1, 0.15) is 16.1 Å². The predicted octanol–water partition coefficient (Wildman–Crippen LogP) is 1.54. The Morgan fingerprint density at radius 2 is 2.19 bits per heavy atom. The Morgan fingerprint density at radius 3 is 2.86 bits per heavy atom. The fourth-order valence-electron chi connectivity index (χ4n) is 1.53. The van der Waals surface area contributed by atoms with Crippen molar-refractivity contribution in [1.82, 2.24) is 15.0 Å². The lowest BCUT2D eigenvalue weighted by molar-refractivity contribution is 0.0957. The lowest BCUT2D eigenvalue weighted by Gasteiger charge is -2.03. The van der Waals surface area contributed by atoms with Gasteiger partial charge in [-0.2, -0.15) is 11.3 Å². The molecule has 0 aliphatic heterocycles. The summed E-state index contributed by atoms with van der Waals surface area (Å²) in [4.78, 5) is 16.7. The van der Waals surface area contributed by atoms with Crippen molar-refractivity contribution in [2.75, 3.05) is 19.3 Å². The van der Waals surface area contributed by atoms with Gasteiger partial charge in [-0.1, -0.05) is 0 Å². The molecule has 0 atom stereocenters. The van der Waals surface area contributed by atoms with Crippen molar-refractivity contribution in [1.29, 1.82) is 0 Å². The summed E-state index contributed by atoms with van der Waals surface area (Å²) in [6.45, 7) is 0.717. The summed E-state index contributed by atoms with van der Waals surface area (Å²) in [6, 6.07) is 1.96. The summed E-state index contributed by atoms with van der Waals surface area (Å²) < 4.78 is 24.1. The molecule has 0 unspecified atom stereocenters. The summed E-state index contributed by atoms with van der Waals surface area (Å²) in [5, 5.41) is 7.51. The molecule has 21 heavy (non-hydrogen) atoms. The number of nitrogens with zero attached hydrogens (tertiary/aromatic N) is 1. The highest BCUT2D eigenvalue weighted by Crippen LogP contribution is 2.26. The Kier molecular flexibility index (Phi) is 5.45. The molecule has 2 aromatic rings. The second-order valence-electron chi connectivity index (χ2n) is 4.32. The summed E-state index contributed by atoms with van der Waals surface area (Å²) in [6.07, 6.45) is 3.20. The molecular weight excluding hydrogens is 330 g/mol. The number of thiazole rings is 1. The number of aromatic nitrogens is 1. The van der Waals surface area contributed by atoms with Gasteiger partial charge in [0.15, 0.2) is 0 Å². The van der Waals surface area contributed by atoms with Crippen LogP contribution in [0.3, 0.4) is 0 Å². The van der Waals surface area contributed by atoms with E-state index in [4.69, 9.17) is 0 Å². The molecule has 2 N–H and O–H groups in total. The molecule has 0 saturated heterocycles. The first-order valence-electron chi connectivity index (χ1n) is 6.17. The third kappa shape index (κ3) is 5.20. The van der Waals surface area contributed by atoms with Gasteiger partial charge in [0, 0.05) is 24.0 Å². The van der Waals surface area contributed by atoms with Crippen LogP contribution >= 0.6 is 22.7 Å². The van der Waals surface area contributed by atoms with Crippen LogP contribution < -0.4 is 10.0 Å². The molecule has 6 nitrogen and oxygen atoms in total. The van der Waals surface area contributed by atoms with Gasteiger partial charge < -0.3 is 5.32 Å². The van der Waals surface area contributed by atoms with Gasteiger partial charge in [-0.05, 0) is 17.9 Å². The van der Waals surface area contributed by atoms with Crippen LogP contribution in [0.2, 0.25) is 0 Å². The molecular formula is C12H15N3O3S3. The van der Waals surface area contributed by atoms with Crippen LogP contribution in [0.5, 0.6) is 0 Å². The van der Waals surface area contributed by atoms with Crippen LogP contribution in [0, 0.1) is 0 Å². The number of thiophene rings is 1.